The number of amides is 4. The quantitative estimate of drug-likeness (QED) is 0.353. The summed E-state index contributed by atoms with van der Waals surface area (Å²) in [6.45, 7) is 4.88. The lowest BCUT2D eigenvalue weighted by molar-refractivity contribution is -0.144. The number of likely N-dealkylation sites (tertiary alicyclic amines) is 3. The number of halogens is 6. The fraction of sp³-hybridized carbons (Fsp3) is 0.545. The molecule has 13 heteroatoms. The maximum Gasteiger partial charge on any atom is 0.416 e. The van der Waals surface area contributed by atoms with Crippen LogP contribution in [0.25, 0.3) is 0 Å². The lowest BCUT2D eigenvalue weighted by Crippen LogP contribution is -2.51. The average molecular weight is 653 g/mol. The van der Waals surface area contributed by atoms with Crippen LogP contribution >= 0.6 is 0 Å². The van der Waals surface area contributed by atoms with E-state index in [2.05, 4.69) is 0 Å². The van der Waals surface area contributed by atoms with Crippen molar-refractivity contribution in [2.45, 2.75) is 57.5 Å². The largest absolute Gasteiger partial charge is 0.416 e. The van der Waals surface area contributed by atoms with Crippen molar-refractivity contribution in [3.8, 4) is 0 Å². The first kappa shape index (κ1) is 33.6. The molecular formula is C33H38F6N4O3. The highest BCUT2D eigenvalue weighted by Gasteiger charge is 2.49. The Morgan fingerprint density at radius 1 is 0.935 bits per heavy atom. The summed E-state index contributed by atoms with van der Waals surface area (Å²) in [5.41, 5.74) is -1.36. The molecule has 0 bridgehead atoms. The predicted octanol–water partition coefficient (Wildman–Crippen LogP) is 6.54. The van der Waals surface area contributed by atoms with E-state index in [1.807, 2.05) is 36.1 Å². The maximum atomic E-state index is 14.2. The van der Waals surface area contributed by atoms with Gasteiger partial charge in [-0.3, -0.25) is 9.59 Å². The second-order valence-electron chi connectivity index (χ2n) is 12.9. The highest BCUT2D eigenvalue weighted by atomic mass is 19.4. The molecule has 3 heterocycles. The molecule has 3 aliphatic rings. The summed E-state index contributed by atoms with van der Waals surface area (Å²) in [7, 11) is 3.07. The van der Waals surface area contributed by atoms with Crippen molar-refractivity contribution in [2.24, 2.45) is 17.8 Å². The molecule has 0 spiro atoms. The number of alkyl halides is 6. The van der Waals surface area contributed by atoms with E-state index in [9.17, 15) is 40.7 Å². The average Bonchev–Trinajstić information content (AvgIpc) is 3.44. The van der Waals surface area contributed by atoms with Crippen LogP contribution in [-0.4, -0.2) is 77.7 Å². The van der Waals surface area contributed by atoms with E-state index in [1.165, 1.54) is 18.9 Å². The van der Waals surface area contributed by atoms with Crippen molar-refractivity contribution >= 4 is 17.8 Å². The third-order valence-corrected chi connectivity index (χ3v) is 9.99. The Morgan fingerprint density at radius 3 is 2.15 bits per heavy atom. The molecule has 250 valence electrons. The Morgan fingerprint density at radius 2 is 1.57 bits per heavy atom. The summed E-state index contributed by atoms with van der Waals surface area (Å²) >= 11 is 0. The van der Waals surface area contributed by atoms with Crippen molar-refractivity contribution in [1.82, 2.24) is 19.6 Å². The van der Waals surface area contributed by atoms with Crippen molar-refractivity contribution in [2.75, 3.05) is 40.3 Å². The summed E-state index contributed by atoms with van der Waals surface area (Å²) in [5, 5.41) is 0. The van der Waals surface area contributed by atoms with E-state index in [0.717, 1.165) is 11.1 Å². The summed E-state index contributed by atoms with van der Waals surface area (Å²) < 4.78 is 81.6. The monoisotopic (exact) mass is 652 g/mol. The molecular weight excluding hydrogens is 614 g/mol. The van der Waals surface area contributed by atoms with Gasteiger partial charge in [-0.05, 0) is 67.5 Å². The Balaban J connectivity index is 1.43. The van der Waals surface area contributed by atoms with Gasteiger partial charge in [-0.15, -0.1) is 0 Å². The van der Waals surface area contributed by atoms with Gasteiger partial charge in [-0.25, -0.2) is 4.79 Å². The van der Waals surface area contributed by atoms with Crippen LogP contribution in [0, 0.1) is 24.7 Å². The summed E-state index contributed by atoms with van der Waals surface area (Å²) in [6, 6.07) is 6.85. The Labute approximate surface area is 264 Å². The van der Waals surface area contributed by atoms with E-state index < -0.39 is 41.6 Å². The topological polar surface area (TPSA) is 64.2 Å². The first-order valence-corrected chi connectivity index (χ1v) is 15.4. The van der Waals surface area contributed by atoms with Gasteiger partial charge < -0.3 is 19.6 Å². The molecule has 3 aliphatic heterocycles. The molecule has 0 aromatic heterocycles. The molecule has 2 aromatic carbocycles. The van der Waals surface area contributed by atoms with Crippen LogP contribution in [0.2, 0.25) is 0 Å². The van der Waals surface area contributed by atoms with Crippen molar-refractivity contribution in [1.29, 1.82) is 0 Å². The number of benzene rings is 2. The van der Waals surface area contributed by atoms with Gasteiger partial charge in [-0.1, -0.05) is 24.3 Å². The number of carbonyl (C=O) groups excluding carboxylic acids is 3. The van der Waals surface area contributed by atoms with Crippen LogP contribution in [0.5, 0.6) is 0 Å². The Bertz CT molecular complexity index is 1460. The lowest BCUT2D eigenvalue weighted by atomic mass is 9.78. The lowest BCUT2D eigenvalue weighted by Gasteiger charge is -2.45. The number of urea groups is 1. The number of rotatable bonds is 4. The van der Waals surface area contributed by atoms with Gasteiger partial charge in [-0.2, -0.15) is 26.3 Å². The summed E-state index contributed by atoms with van der Waals surface area (Å²) in [4.78, 5) is 46.0. The zero-order valence-corrected chi connectivity index (χ0v) is 26.2. The molecule has 4 amide bonds. The molecule has 0 saturated carbocycles. The van der Waals surface area contributed by atoms with Crippen molar-refractivity contribution < 1.29 is 40.7 Å². The van der Waals surface area contributed by atoms with E-state index in [-0.39, 0.29) is 41.2 Å². The molecule has 7 nitrogen and oxygen atoms in total. The maximum absolute atomic E-state index is 14.2. The van der Waals surface area contributed by atoms with Gasteiger partial charge in [0.05, 0.1) is 29.1 Å². The van der Waals surface area contributed by atoms with Crippen molar-refractivity contribution in [3.05, 3.63) is 70.3 Å². The molecule has 0 aliphatic carbocycles. The predicted molar refractivity (Wildman–Crippen MR) is 157 cm³/mol. The molecule has 1 unspecified atom stereocenters. The summed E-state index contributed by atoms with van der Waals surface area (Å²) in [6.07, 6.45) is -8.65. The van der Waals surface area contributed by atoms with E-state index in [4.69, 9.17) is 0 Å². The van der Waals surface area contributed by atoms with Gasteiger partial charge in [0.25, 0.3) is 0 Å². The number of piperidine rings is 2. The number of hydrogen-bond acceptors (Lipinski definition) is 3. The number of hydrogen-bond donors (Lipinski definition) is 0. The van der Waals surface area contributed by atoms with Gasteiger partial charge in [0.1, 0.15) is 0 Å². The van der Waals surface area contributed by atoms with E-state index in [0.29, 0.717) is 57.6 Å². The first-order chi connectivity index (χ1) is 21.5. The number of carbonyl (C=O) groups is 3. The fourth-order valence-electron chi connectivity index (χ4n) is 7.23. The zero-order valence-electron chi connectivity index (χ0n) is 26.2. The van der Waals surface area contributed by atoms with Gasteiger partial charge >= 0.3 is 18.4 Å². The normalized spacial score (nSPS) is 24.6. The number of fused-ring (bicyclic) bond motifs is 1. The molecule has 5 rings (SSSR count). The second-order valence-corrected chi connectivity index (χ2v) is 12.9. The van der Waals surface area contributed by atoms with Gasteiger partial charge in [0.15, 0.2) is 0 Å². The highest BCUT2D eigenvalue weighted by molar-refractivity contribution is 5.84. The van der Waals surface area contributed by atoms with Crippen molar-refractivity contribution in [3.63, 3.8) is 0 Å². The fourth-order valence-corrected chi connectivity index (χ4v) is 7.23. The van der Waals surface area contributed by atoms with E-state index >= 15 is 0 Å². The molecule has 0 radical (unpaired) electrons. The number of aryl methyl sites for hydroxylation is 1. The third kappa shape index (κ3) is 6.55. The molecule has 5 atom stereocenters. The number of nitrogens with zero attached hydrogens (tertiary/aromatic N) is 4. The minimum absolute atomic E-state index is 0.00558. The van der Waals surface area contributed by atoms with Crippen LogP contribution in [0.15, 0.2) is 42.5 Å². The van der Waals surface area contributed by atoms with Crippen LogP contribution in [0.1, 0.15) is 66.1 Å². The first-order valence-electron chi connectivity index (χ1n) is 15.4. The third-order valence-electron chi connectivity index (χ3n) is 9.99. The molecule has 46 heavy (non-hydrogen) atoms. The van der Waals surface area contributed by atoms with Gasteiger partial charge in [0.2, 0.25) is 11.8 Å². The molecule has 3 fully saturated rings. The van der Waals surface area contributed by atoms with Crippen LogP contribution in [-0.2, 0) is 21.9 Å². The standard InChI is InChI=1S/C33H38F6N4O3/c1-19-7-5-6-8-26(19)29-27-18-42(30(45)22-9-10-28(44)40(3)16-22)17-21(27)11-12-43(29)31(46)41(4)20(2)23-13-24(32(34,35)36)15-25(14-23)33(37,38)39/h5-8,13-15,20-22,27,29H,9-12,16-18H2,1-4H3/t20-,21-,22?,27-,29+/m1/s1. The SMILES string of the molecule is Cc1ccccc1[C@H]1[C@@H]2CN(C(=O)C3CCC(=O)N(C)C3)C[C@H]2CCN1C(=O)N(C)[C@H](C)c1cc(C(F)(F)F)cc(C(F)(F)F)c1. The van der Waals surface area contributed by atoms with E-state index in [1.54, 1.807) is 16.8 Å². The molecule has 3 saturated heterocycles. The van der Waals surface area contributed by atoms with Gasteiger partial charge in [0, 0.05) is 52.6 Å². The van der Waals surface area contributed by atoms with Crippen LogP contribution < -0.4 is 0 Å². The second kappa shape index (κ2) is 12.4. The Kier molecular flexibility index (Phi) is 9.09. The van der Waals surface area contributed by atoms with Crippen LogP contribution in [0.3, 0.4) is 0 Å². The summed E-state index contributed by atoms with van der Waals surface area (Å²) in [5.74, 6) is -0.378. The zero-order chi connectivity index (χ0) is 33.7. The molecule has 0 N–H and O–H groups in total. The smallest absolute Gasteiger partial charge is 0.345 e. The Hall–Kier alpha value is -3.77. The minimum atomic E-state index is -5.01. The molecule has 2 aromatic rings. The highest BCUT2D eigenvalue weighted by Crippen LogP contribution is 2.46. The minimum Gasteiger partial charge on any atom is -0.345 e. The van der Waals surface area contributed by atoms with Crippen LogP contribution in [0.4, 0.5) is 31.1 Å².